The molecule has 146 valence electrons. The zero-order valence-electron chi connectivity index (χ0n) is 15.7. The molecule has 1 aliphatic rings. The number of benzene rings is 3. The molecule has 0 fully saturated rings. The van der Waals surface area contributed by atoms with Gasteiger partial charge in [-0.05, 0) is 31.2 Å². The summed E-state index contributed by atoms with van der Waals surface area (Å²) in [7, 11) is 0. The Kier molecular flexibility index (Phi) is 3.75. The minimum Gasteiger partial charge on any atom is -0.358 e. The quantitative estimate of drug-likeness (QED) is 0.242. The van der Waals surface area contributed by atoms with E-state index in [1.807, 2.05) is 31.2 Å². The topological polar surface area (TPSA) is 109 Å². The molecule has 0 aliphatic carbocycles. The summed E-state index contributed by atoms with van der Waals surface area (Å²) >= 11 is 0. The number of nitro groups is 1. The van der Waals surface area contributed by atoms with Crippen LogP contribution in [0.15, 0.2) is 59.7 Å². The van der Waals surface area contributed by atoms with Crippen LogP contribution in [0.5, 0.6) is 0 Å². The van der Waals surface area contributed by atoms with Crippen LogP contribution in [0.25, 0.3) is 21.7 Å². The Labute approximate surface area is 169 Å². The number of carbonyl (C=O) groups is 2. The minimum atomic E-state index is -0.618. The molecule has 0 atom stereocenters. The van der Waals surface area contributed by atoms with Crippen LogP contribution in [-0.4, -0.2) is 32.9 Å². The summed E-state index contributed by atoms with van der Waals surface area (Å²) in [5, 5.41) is 17.8. The Morgan fingerprint density at radius 3 is 2.43 bits per heavy atom. The van der Waals surface area contributed by atoms with Crippen LogP contribution >= 0.6 is 0 Å². The maximum Gasteiger partial charge on any atom is 0.282 e. The normalized spacial score (nSPS) is 13.7. The van der Waals surface area contributed by atoms with Crippen molar-refractivity contribution in [1.29, 1.82) is 0 Å². The van der Waals surface area contributed by atoms with Crippen molar-refractivity contribution in [3.05, 3.63) is 87.1 Å². The number of nitro benzene ring substituents is 1. The second kappa shape index (κ2) is 6.35. The molecule has 0 unspecified atom stereocenters. The summed E-state index contributed by atoms with van der Waals surface area (Å²) in [4.78, 5) is 40.1. The van der Waals surface area contributed by atoms with Crippen molar-refractivity contribution in [2.45, 2.75) is 6.92 Å². The number of rotatable bonds is 3. The monoisotopic (exact) mass is 398 g/mol. The highest BCUT2D eigenvalue weighted by atomic mass is 16.6. The fourth-order valence-electron chi connectivity index (χ4n) is 3.91. The van der Waals surface area contributed by atoms with E-state index in [1.54, 1.807) is 12.1 Å². The lowest BCUT2D eigenvalue weighted by atomic mass is 9.94. The molecule has 1 aliphatic heterocycles. The third-order valence-corrected chi connectivity index (χ3v) is 5.31. The van der Waals surface area contributed by atoms with Crippen LogP contribution in [0, 0.1) is 17.0 Å². The Bertz CT molecular complexity index is 1410. The SMILES string of the molecule is Cc1[nH]c2ccccc2c1C=NN1C(=O)c2cccc3c([N+](=O)[O-])ccc(c23)C1=O. The van der Waals surface area contributed by atoms with E-state index < -0.39 is 16.7 Å². The number of aryl methyl sites for hydroxylation is 1. The molecule has 0 radical (unpaired) electrons. The second-order valence-electron chi connectivity index (χ2n) is 6.99. The zero-order chi connectivity index (χ0) is 21.0. The van der Waals surface area contributed by atoms with Gasteiger partial charge < -0.3 is 4.98 Å². The van der Waals surface area contributed by atoms with Gasteiger partial charge in [-0.15, -0.1) is 0 Å². The number of para-hydroxylation sites is 1. The van der Waals surface area contributed by atoms with E-state index in [0.29, 0.717) is 0 Å². The van der Waals surface area contributed by atoms with Crippen LogP contribution in [0.2, 0.25) is 0 Å². The zero-order valence-corrected chi connectivity index (χ0v) is 15.7. The van der Waals surface area contributed by atoms with Gasteiger partial charge in [0, 0.05) is 33.6 Å². The van der Waals surface area contributed by atoms with Gasteiger partial charge in [-0.2, -0.15) is 10.1 Å². The average Bonchev–Trinajstić information content (AvgIpc) is 3.06. The maximum atomic E-state index is 13.0. The van der Waals surface area contributed by atoms with Gasteiger partial charge in [-0.3, -0.25) is 19.7 Å². The second-order valence-corrected chi connectivity index (χ2v) is 6.99. The number of aromatic amines is 1. The lowest BCUT2D eigenvalue weighted by Crippen LogP contribution is -2.36. The molecule has 2 heterocycles. The lowest BCUT2D eigenvalue weighted by Gasteiger charge is -2.23. The smallest absolute Gasteiger partial charge is 0.282 e. The molecule has 2 amide bonds. The number of hydrazone groups is 1. The molecule has 0 saturated heterocycles. The third kappa shape index (κ3) is 2.44. The number of hydrogen-bond donors (Lipinski definition) is 1. The first kappa shape index (κ1) is 17.7. The van der Waals surface area contributed by atoms with E-state index >= 15 is 0 Å². The molecule has 30 heavy (non-hydrogen) atoms. The van der Waals surface area contributed by atoms with Gasteiger partial charge in [0.25, 0.3) is 17.5 Å². The number of nitrogens with one attached hydrogen (secondary N) is 1. The number of nitrogens with zero attached hydrogens (tertiary/aromatic N) is 3. The molecule has 3 aromatic carbocycles. The summed E-state index contributed by atoms with van der Waals surface area (Å²) in [5.74, 6) is -1.24. The van der Waals surface area contributed by atoms with Crippen molar-refractivity contribution in [3.63, 3.8) is 0 Å². The summed E-state index contributed by atoms with van der Waals surface area (Å²) in [6, 6.07) is 15.0. The highest BCUT2D eigenvalue weighted by Gasteiger charge is 2.34. The summed E-state index contributed by atoms with van der Waals surface area (Å²) < 4.78 is 0. The molecule has 4 aromatic rings. The van der Waals surface area contributed by atoms with Gasteiger partial charge >= 0.3 is 0 Å². The molecule has 1 aromatic heterocycles. The predicted octanol–water partition coefficient (Wildman–Crippen LogP) is 4.17. The maximum absolute atomic E-state index is 13.0. The van der Waals surface area contributed by atoms with Crippen molar-refractivity contribution in [3.8, 4) is 0 Å². The van der Waals surface area contributed by atoms with E-state index in [0.717, 1.165) is 27.2 Å². The molecule has 0 saturated carbocycles. The first-order chi connectivity index (χ1) is 14.5. The van der Waals surface area contributed by atoms with Crippen molar-refractivity contribution >= 4 is 45.4 Å². The fourth-order valence-corrected chi connectivity index (χ4v) is 3.91. The van der Waals surface area contributed by atoms with Crippen LogP contribution in [0.1, 0.15) is 32.0 Å². The summed E-state index contributed by atoms with van der Waals surface area (Å²) in [6.07, 6.45) is 1.49. The number of aromatic nitrogens is 1. The standard InChI is InChI=1S/C22H14N4O4/c1-12-17(13-5-2-3-8-18(13)24-12)11-23-25-21(27)15-7-4-6-14-19(26(29)30)10-9-16(20(14)15)22(25)28/h2-11,24H,1H3. The van der Waals surface area contributed by atoms with E-state index in [1.165, 1.54) is 24.4 Å². The van der Waals surface area contributed by atoms with Gasteiger partial charge in [-0.25, -0.2) is 0 Å². The van der Waals surface area contributed by atoms with E-state index in [4.69, 9.17) is 0 Å². The van der Waals surface area contributed by atoms with Crippen molar-refractivity contribution < 1.29 is 14.5 Å². The van der Waals surface area contributed by atoms with E-state index in [2.05, 4.69) is 10.1 Å². The number of imide groups is 1. The van der Waals surface area contributed by atoms with Crippen LogP contribution in [-0.2, 0) is 0 Å². The van der Waals surface area contributed by atoms with Crippen molar-refractivity contribution in [2.24, 2.45) is 5.10 Å². The number of hydrogen-bond acceptors (Lipinski definition) is 5. The van der Waals surface area contributed by atoms with Gasteiger partial charge in [0.05, 0.1) is 27.7 Å². The number of carbonyl (C=O) groups excluding carboxylic acids is 2. The van der Waals surface area contributed by atoms with Gasteiger partial charge in [0.2, 0.25) is 0 Å². The molecule has 1 N–H and O–H groups in total. The largest absolute Gasteiger partial charge is 0.358 e. The van der Waals surface area contributed by atoms with Gasteiger partial charge in [0.15, 0.2) is 0 Å². The molecule has 8 heteroatoms. The highest BCUT2D eigenvalue weighted by Crippen LogP contribution is 2.35. The van der Waals surface area contributed by atoms with E-state index in [9.17, 15) is 19.7 Å². The average molecular weight is 398 g/mol. The predicted molar refractivity (Wildman–Crippen MR) is 112 cm³/mol. The van der Waals surface area contributed by atoms with Crippen molar-refractivity contribution in [1.82, 2.24) is 9.99 Å². The highest BCUT2D eigenvalue weighted by molar-refractivity contribution is 6.26. The Hall–Kier alpha value is -4.33. The minimum absolute atomic E-state index is 0.150. The van der Waals surface area contributed by atoms with Crippen LogP contribution in [0.4, 0.5) is 5.69 Å². The third-order valence-electron chi connectivity index (χ3n) is 5.31. The molecule has 0 bridgehead atoms. The Morgan fingerprint density at radius 1 is 0.967 bits per heavy atom. The molecule has 0 spiro atoms. The molecular formula is C22H14N4O4. The van der Waals surface area contributed by atoms with Crippen LogP contribution < -0.4 is 0 Å². The Balaban J connectivity index is 1.63. The number of amides is 2. The van der Waals surface area contributed by atoms with Gasteiger partial charge in [-0.1, -0.05) is 24.3 Å². The number of H-pyrrole nitrogens is 1. The molecule has 8 nitrogen and oxygen atoms in total. The summed E-state index contributed by atoms with van der Waals surface area (Å²) in [6.45, 7) is 1.89. The Morgan fingerprint density at radius 2 is 1.67 bits per heavy atom. The molecular weight excluding hydrogens is 384 g/mol. The molecule has 5 rings (SSSR count). The number of fused-ring (bicyclic) bond motifs is 1. The first-order valence-corrected chi connectivity index (χ1v) is 9.17. The van der Waals surface area contributed by atoms with Gasteiger partial charge in [0.1, 0.15) is 0 Å². The van der Waals surface area contributed by atoms with Crippen molar-refractivity contribution in [2.75, 3.05) is 0 Å². The van der Waals surface area contributed by atoms with Crippen LogP contribution in [0.3, 0.4) is 0 Å². The summed E-state index contributed by atoms with van der Waals surface area (Å²) in [5.41, 5.74) is 2.82. The fraction of sp³-hybridized carbons (Fsp3) is 0.0455. The first-order valence-electron chi connectivity index (χ1n) is 9.17. The lowest BCUT2D eigenvalue weighted by molar-refractivity contribution is -0.383. The van der Waals surface area contributed by atoms with E-state index in [-0.39, 0.29) is 27.6 Å². The number of non-ortho nitro benzene ring substituents is 1.